The summed E-state index contributed by atoms with van der Waals surface area (Å²) in [6.07, 6.45) is 0. The van der Waals surface area contributed by atoms with Crippen molar-refractivity contribution in [1.82, 2.24) is 5.32 Å². The lowest BCUT2D eigenvalue weighted by Crippen LogP contribution is -2.32. The molecule has 0 spiro atoms. The topological polar surface area (TPSA) is 108 Å². The molecule has 7 nitrogen and oxygen atoms in total. The van der Waals surface area contributed by atoms with Crippen LogP contribution in [0.15, 0.2) is 23.1 Å². The van der Waals surface area contributed by atoms with Gasteiger partial charge in [-0.2, -0.15) is 0 Å². The minimum Gasteiger partial charge on any atom is -0.494 e. The summed E-state index contributed by atoms with van der Waals surface area (Å²) in [5.74, 6) is -0.880. The molecule has 8 heteroatoms. The van der Waals surface area contributed by atoms with Crippen molar-refractivity contribution in [2.45, 2.75) is 11.8 Å². The number of carbonyl (C=O) groups is 1. The third kappa shape index (κ3) is 5.24. The van der Waals surface area contributed by atoms with Crippen molar-refractivity contribution >= 4 is 21.4 Å². The molecule has 3 N–H and O–H groups in total. The minimum atomic E-state index is -3.83. The summed E-state index contributed by atoms with van der Waals surface area (Å²) in [7, 11) is -2.34. The molecule has 0 aliphatic carbocycles. The molecule has 1 aromatic rings. The van der Waals surface area contributed by atoms with E-state index >= 15 is 0 Å². The number of methoxy groups -OCH3 is 1. The molecule has 1 aromatic carbocycles. The molecule has 0 aromatic heterocycles. The summed E-state index contributed by atoms with van der Waals surface area (Å²) in [6, 6.07) is 4.35. The van der Waals surface area contributed by atoms with E-state index in [1.165, 1.54) is 19.2 Å². The van der Waals surface area contributed by atoms with Crippen molar-refractivity contribution in [1.29, 1.82) is 0 Å². The zero-order valence-corrected chi connectivity index (χ0v) is 12.9. The van der Waals surface area contributed by atoms with Crippen LogP contribution in [0.1, 0.15) is 6.92 Å². The van der Waals surface area contributed by atoms with E-state index in [2.05, 4.69) is 5.32 Å². The van der Waals surface area contributed by atoms with Gasteiger partial charge in [0.1, 0.15) is 11.5 Å². The summed E-state index contributed by atoms with van der Waals surface area (Å²) in [6.45, 7) is 2.75. The number of amides is 1. The molecule has 0 saturated heterocycles. The first kappa shape index (κ1) is 17.3. The average Bonchev–Trinajstić information content (AvgIpc) is 2.41. The maximum absolute atomic E-state index is 12.2. The molecule has 0 atom stereocenters. The standard InChI is InChI=1S/C13H20N2O5S/c1-3-20-10-4-5-11(14)12(8-10)21(17,18)9-13(16)15-6-7-19-2/h4-5,8H,3,6-7,9,14H2,1-2H3,(H,15,16). The van der Waals surface area contributed by atoms with E-state index in [-0.39, 0.29) is 17.1 Å². The summed E-state index contributed by atoms with van der Waals surface area (Å²) < 4.78 is 34.5. The van der Waals surface area contributed by atoms with Gasteiger partial charge in [0.2, 0.25) is 5.91 Å². The number of hydrogen-bond acceptors (Lipinski definition) is 6. The fourth-order valence-electron chi connectivity index (χ4n) is 1.63. The fraction of sp³-hybridized carbons (Fsp3) is 0.462. The Bertz CT molecular complexity index is 586. The largest absolute Gasteiger partial charge is 0.494 e. The Morgan fingerprint density at radius 1 is 1.38 bits per heavy atom. The van der Waals surface area contributed by atoms with Gasteiger partial charge in [-0.3, -0.25) is 4.79 Å². The highest BCUT2D eigenvalue weighted by molar-refractivity contribution is 7.92. The van der Waals surface area contributed by atoms with Crippen LogP contribution in [0.5, 0.6) is 5.75 Å². The van der Waals surface area contributed by atoms with Gasteiger partial charge in [-0.25, -0.2) is 8.42 Å². The van der Waals surface area contributed by atoms with Crippen LogP contribution in [0.2, 0.25) is 0 Å². The molecule has 0 fully saturated rings. The normalized spacial score (nSPS) is 11.1. The average molecular weight is 316 g/mol. The van der Waals surface area contributed by atoms with Crippen LogP contribution in [0, 0.1) is 0 Å². The summed E-state index contributed by atoms with van der Waals surface area (Å²) in [4.78, 5) is 11.5. The van der Waals surface area contributed by atoms with Gasteiger partial charge in [0, 0.05) is 19.7 Å². The summed E-state index contributed by atoms with van der Waals surface area (Å²) >= 11 is 0. The molecule has 0 saturated carbocycles. The van der Waals surface area contributed by atoms with Gasteiger partial charge in [-0.1, -0.05) is 0 Å². The number of nitrogens with two attached hydrogens (primary N) is 1. The van der Waals surface area contributed by atoms with E-state index in [0.29, 0.717) is 19.0 Å². The number of anilines is 1. The molecule has 0 radical (unpaired) electrons. The first-order chi connectivity index (χ1) is 9.90. The Kier molecular flexibility index (Phi) is 6.44. The molecule has 21 heavy (non-hydrogen) atoms. The lowest BCUT2D eigenvalue weighted by molar-refractivity contribution is -0.118. The van der Waals surface area contributed by atoms with Gasteiger partial charge in [-0.15, -0.1) is 0 Å². The Labute approximate surface area is 124 Å². The number of ether oxygens (including phenoxy) is 2. The maximum atomic E-state index is 12.2. The highest BCUT2D eigenvalue weighted by Crippen LogP contribution is 2.25. The van der Waals surface area contributed by atoms with Crippen molar-refractivity contribution in [3.8, 4) is 5.75 Å². The van der Waals surface area contributed by atoms with Crippen LogP contribution in [0.25, 0.3) is 0 Å². The van der Waals surface area contributed by atoms with E-state index in [4.69, 9.17) is 15.2 Å². The monoisotopic (exact) mass is 316 g/mol. The highest BCUT2D eigenvalue weighted by atomic mass is 32.2. The lowest BCUT2D eigenvalue weighted by Gasteiger charge is -2.10. The zero-order valence-electron chi connectivity index (χ0n) is 12.1. The van der Waals surface area contributed by atoms with E-state index in [0.717, 1.165) is 0 Å². The van der Waals surface area contributed by atoms with Gasteiger partial charge >= 0.3 is 0 Å². The minimum absolute atomic E-state index is 0.0862. The van der Waals surface area contributed by atoms with Gasteiger partial charge in [0.25, 0.3) is 0 Å². The number of nitrogen functional groups attached to an aromatic ring is 1. The second-order valence-electron chi connectivity index (χ2n) is 4.23. The third-order valence-electron chi connectivity index (χ3n) is 2.58. The Hall–Kier alpha value is -1.80. The van der Waals surface area contributed by atoms with Crippen LogP contribution in [0.3, 0.4) is 0 Å². The third-order valence-corrected chi connectivity index (χ3v) is 4.25. The van der Waals surface area contributed by atoms with Crippen molar-refractivity contribution in [3.05, 3.63) is 18.2 Å². The Balaban J connectivity index is 2.86. The second-order valence-corrected chi connectivity index (χ2v) is 6.19. The maximum Gasteiger partial charge on any atom is 0.235 e. The van der Waals surface area contributed by atoms with Crippen LogP contribution in [-0.4, -0.2) is 46.9 Å². The van der Waals surface area contributed by atoms with Crippen molar-refractivity contribution in [2.75, 3.05) is 38.4 Å². The molecule has 0 bridgehead atoms. The molecule has 0 aliphatic rings. The van der Waals surface area contributed by atoms with E-state index in [1.54, 1.807) is 13.0 Å². The number of carbonyl (C=O) groups excluding carboxylic acids is 1. The first-order valence-electron chi connectivity index (χ1n) is 6.41. The van der Waals surface area contributed by atoms with Crippen LogP contribution < -0.4 is 15.8 Å². The number of benzene rings is 1. The first-order valence-corrected chi connectivity index (χ1v) is 8.06. The predicted octanol–water partition coefficient (Wildman–Crippen LogP) is 0.204. The Morgan fingerprint density at radius 3 is 2.71 bits per heavy atom. The second kappa shape index (κ2) is 7.84. The van der Waals surface area contributed by atoms with Crippen molar-refractivity contribution < 1.29 is 22.7 Å². The quantitative estimate of drug-likeness (QED) is 0.524. The number of nitrogens with one attached hydrogen (secondary N) is 1. The molecule has 118 valence electrons. The van der Waals surface area contributed by atoms with Crippen LogP contribution >= 0.6 is 0 Å². The molecule has 0 unspecified atom stereocenters. The van der Waals surface area contributed by atoms with Gasteiger partial charge in [0.15, 0.2) is 9.84 Å². The predicted molar refractivity (Wildman–Crippen MR) is 79.0 cm³/mol. The number of rotatable bonds is 8. The SMILES string of the molecule is CCOc1ccc(N)c(S(=O)(=O)CC(=O)NCCOC)c1. The number of sulfone groups is 1. The van der Waals surface area contributed by atoms with Crippen molar-refractivity contribution in [3.63, 3.8) is 0 Å². The lowest BCUT2D eigenvalue weighted by atomic mass is 10.3. The summed E-state index contributed by atoms with van der Waals surface area (Å²) in [5, 5.41) is 2.45. The molecular formula is C13H20N2O5S. The van der Waals surface area contributed by atoms with Gasteiger partial charge in [0.05, 0.1) is 23.8 Å². The molecule has 0 heterocycles. The smallest absolute Gasteiger partial charge is 0.235 e. The fourth-order valence-corrected chi connectivity index (χ4v) is 2.96. The van der Waals surface area contributed by atoms with E-state index < -0.39 is 21.5 Å². The number of hydrogen-bond donors (Lipinski definition) is 2. The van der Waals surface area contributed by atoms with Crippen LogP contribution in [-0.2, 0) is 19.4 Å². The van der Waals surface area contributed by atoms with Crippen LogP contribution in [0.4, 0.5) is 5.69 Å². The van der Waals surface area contributed by atoms with Gasteiger partial charge < -0.3 is 20.5 Å². The van der Waals surface area contributed by atoms with E-state index in [9.17, 15) is 13.2 Å². The highest BCUT2D eigenvalue weighted by Gasteiger charge is 2.22. The van der Waals surface area contributed by atoms with Gasteiger partial charge in [-0.05, 0) is 19.1 Å². The molecule has 0 aliphatic heterocycles. The Morgan fingerprint density at radius 2 is 2.10 bits per heavy atom. The summed E-state index contributed by atoms with van der Waals surface area (Å²) in [5.41, 5.74) is 5.77. The molecule has 1 rings (SSSR count). The molecule has 1 amide bonds. The molecular weight excluding hydrogens is 296 g/mol. The van der Waals surface area contributed by atoms with Crippen molar-refractivity contribution in [2.24, 2.45) is 0 Å². The zero-order chi connectivity index (χ0) is 15.9. The van der Waals surface area contributed by atoms with E-state index in [1.807, 2.05) is 0 Å².